The van der Waals surface area contributed by atoms with Crippen LogP contribution in [0.3, 0.4) is 0 Å². The highest BCUT2D eigenvalue weighted by molar-refractivity contribution is 7.09. The highest BCUT2D eigenvalue weighted by Crippen LogP contribution is 2.18. The lowest BCUT2D eigenvalue weighted by Gasteiger charge is -2.29. The van der Waals surface area contributed by atoms with Gasteiger partial charge in [0.25, 0.3) is 0 Å². The topological polar surface area (TPSA) is 110 Å². The van der Waals surface area contributed by atoms with Crippen molar-refractivity contribution < 1.29 is 24.2 Å². The number of carboxylic acids is 1. The van der Waals surface area contributed by atoms with Crippen LogP contribution < -0.4 is 5.73 Å². The molecule has 1 unspecified atom stereocenters. The molecule has 26 heavy (non-hydrogen) atoms. The van der Waals surface area contributed by atoms with Gasteiger partial charge in [0.1, 0.15) is 6.04 Å². The third kappa shape index (κ3) is 4.90. The number of thiophene rings is 1. The van der Waals surface area contributed by atoms with Crippen LogP contribution in [0.25, 0.3) is 0 Å². The van der Waals surface area contributed by atoms with Crippen molar-refractivity contribution in [2.24, 2.45) is 5.73 Å². The number of amides is 1. The molecule has 0 bridgehead atoms. The van der Waals surface area contributed by atoms with Crippen LogP contribution in [0.4, 0.5) is 0 Å². The first-order chi connectivity index (χ1) is 12.5. The second kappa shape index (κ2) is 9.12. The summed E-state index contributed by atoms with van der Waals surface area (Å²) >= 11 is 1.49. The van der Waals surface area contributed by atoms with Gasteiger partial charge in [-0.2, -0.15) is 0 Å². The third-order valence-electron chi connectivity index (χ3n) is 3.87. The fraction of sp³-hybridized carbons (Fsp3) is 0.278. The van der Waals surface area contributed by atoms with Crippen LogP contribution in [-0.4, -0.2) is 47.5 Å². The zero-order chi connectivity index (χ0) is 19.1. The van der Waals surface area contributed by atoms with Gasteiger partial charge in [0.2, 0.25) is 5.91 Å². The van der Waals surface area contributed by atoms with Gasteiger partial charge in [-0.1, -0.05) is 18.2 Å². The fourth-order valence-electron chi connectivity index (χ4n) is 2.51. The molecule has 0 aliphatic carbocycles. The lowest BCUT2D eigenvalue weighted by atomic mass is 10.1. The Hall–Kier alpha value is -2.71. The summed E-state index contributed by atoms with van der Waals surface area (Å²) in [7, 11) is 1.27. The summed E-state index contributed by atoms with van der Waals surface area (Å²) in [6.07, 6.45) is 0.323. The molecule has 2 rings (SSSR count). The number of aromatic carboxylic acids is 1. The normalized spacial score (nSPS) is 11.6. The molecule has 1 aromatic carbocycles. The number of hydrogen-bond acceptors (Lipinski definition) is 6. The summed E-state index contributed by atoms with van der Waals surface area (Å²) in [5, 5.41) is 10.9. The van der Waals surface area contributed by atoms with Gasteiger partial charge in [0, 0.05) is 17.8 Å². The minimum atomic E-state index is -1.03. The summed E-state index contributed by atoms with van der Waals surface area (Å²) in [6, 6.07) is 9.07. The van der Waals surface area contributed by atoms with Gasteiger partial charge in [-0.05, 0) is 29.1 Å². The van der Waals surface area contributed by atoms with Gasteiger partial charge in [-0.3, -0.25) is 4.79 Å². The van der Waals surface area contributed by atoms with Crippen molar-refractivity contribution in [1.29, 1.82) is 0 Å². The van der Waals surface area contributed by atoms with Crippen LogP contribution in [0.2, 0.25) is 0 Å². The molecule has 1 atom stereocenters. The molecule has 7 nitrogen and oxygen atoms in total. The summed E-state index contributed by atoms with van der Waals surface area (Å²) in [4.78, 5) is 38.0. The van der Waals surface area contributed by atoms with Crippen LogP contribution in [0, 0.1) is 0 Å². The third-order valence-corrected chi connectivity index (χ3v) is 4.77. The van der Waals surface area contributed by atoms with E-state index in [1.165, 1.54) is 35.5 Å². The number of methoxy groups -OCH3 is 1. The number of benzene rings is 1. The first kappa shape index (κ1) is 19.6. The predicted octanol–water partition coefficient (Wildman–Crippen LogP) is 1.52. The first-order valence-corrected chi connectivity index (χ1v) is 8.76. The molecular formula is C18H20N2O5S. The molecule has 138 valence electrons. The van der Waals surface area contributed by atoms with Crippen LogP contribution in [0.5, 0.6) is 0 Å². The van der Waals surface area contributed by atoms with Crippen LogP contribution in [0.1, 0.15) is 20.8 Å². The molecule has 2 aromatic rings. The number of carbonyl (C=O) groups is 3. The maximum atomic E-state index is 12.4. The van der Waals surface area contributed by atoms with Gasteiger partial charge < -0.3 is 20.5 Å². The number of carboxylic acid groups (broad SMARTS) is 1. The van der Waals surface area contributed by atoms with E-state index in [1.807, 2.05) is 17.5 Å². The summed E-state index contributed by atoms with van der Waals surface area (Å²) in [5.41, 5.74) is 6.36. The molecule has 0 spiro atoms. The van der Waals surface area contributed by atoms with Gasteiger partial charge >= 0.3 is 11.9 Å². The van der Waals surface area contributed by atoms with E-state index in [0.29, 0.717) is 12.0 Å². The van der Waals surface area contributed by atoms with Crippen molar-refractivity contribution in [3.05, 3.63) is 57.8 Å². The van der Waals surface area contributed by atoms with Crippen molar-refractivity contribution >= 4 is 29.2 Å². The van der Waals surface area contributed by atoms with Crippen molar-refractivity contribution in [3.8, 4) is 0 Å². The number of nitrogens with two attached hydrogens (primary N) is 1. The van der Waals surface area contributed by atoms with E-state index < -0.39 is 18.0 Å². The zero-order valence-electron chi connectivity index (χ0n) is 14.3. The van der Waals surface area contributed by atoms with E-state index in [9.17, 15) is 14.4 Å². The van der Waals surface area contributed by atoms with E-state index in [2.05, 4.69) is 0 Å². The Morgan fingerprint density at radius 3 is 2.42 bits per heavy atom. The quantitative estimate of drug-likeness (QED) is 0.676. The van der Waals surface area contributed by atoms with Crippen LogP contribution >= 0.6 is 11.3 Å². The van der Waals surface area contributed by atoms with E-state index in [0.717, 1.165) is 4.88 Å². The summed E-state index contributed by atoms with van der Waals surface area (Å²) in [6.45, 7) is -0.119. The second-order valence-electron chi connectivity index (χ2n) is 5.55. The van der Waals surface area contributed by atoms with E-state index in [1.54, 1.807) is 12.1 Å². The Morgan fingerprint density at radius 1 is 1.23 bits per heavy atom. The van der Waals surface area contributed by atoms with Crippen molar-refractivity contribution in [2.45, 2.75) is 19.0 Å². The Kier molecular flexibility index (Phi) is 6.88. The molecule has 8 heteroatoms. The van der Waals surface area contributed by atoms with Crippen LogP contribution in [-0.2, 0) is 27.3 Å². The van der Waals surface area contributed by atoms with Crippen LogP contribution in [0.15, 0.2) is 41.8 Å². The molecule has 0 aliphatic rings. The number of nitrogens with zero attached hydrogens (tertiary/aromatic N) is 1. The standard InChI is InChI=1S/C18H20N2O5S/c1-25-18(24)15(9-14-3-2-8-26-14)20(16(21)10-19)11-12-4-6-13(7-5-12)17(22)23/h2-8,15H,9-11,19H2,1H3,(H,22,23). The maximum Gasteiger partial charge on any atom is 0.335 e. The lowest BCUT2D eigenvalue weighted by Crippen LogP contribution is -2.48. The molecule has 1 aromatic heterocycles. The monoisotopic (exact) mass is 376 g/mol. The average Bonchev–Trinajstić information content (AvgIpc) is 3.16. The smallest absolute Gasteiger partial charge is 0.335 e. The number of rotatable bonds is 8. The Morgan fingerprint density at radius 2 is 1.92 bits per heavy atom. The van der Waals surface area contributed by atoms with Crippen molar-refractivity contribution in [3.63, 3.8) is 0 Å². The Balaban J connectivity index is 2.28. The number of hydrogen-bond donors (Lipinski definition) is 2. The number of ether oxygens (including phenoxy) is 1. The van der Waals surface area contributed by atoms with Gasteiger partial charge in [-0.25, -0.2) is 9.59 Å². The van der Waals surface area contributed by atoms with E-state index in [4.69, 9.17) is 15.6 Å². The predicted molar refractivity (Wildman–Crippen MR) is 96.8 cm³/mol. The highest BCUT2D eigenvalue weighted by atomic mass is 32.1. The van der Waals surface area contributed by atoms with Gasteiger partial charge in [0.05, 0.1) is 19.2 Å². The molecule has 0 saturated heterocycles. The minimum Gasteiger partial charge on any atom is -0.478 e. The molecule has 0 saturated carbocycles. The lowest BCUT2D eigenvalue weighted by molar-refractivity contribution is -0.152. The average molecular weight is 376 g/mol. The molecule has 0 radical (unpaired) electrons. The fourth-order valence-corrected chi connectivity index (χ4v) is 3.26. The SMILES string of the molecule is COC(=O)C(Cc1cccs1)N(Cc1ccc(C(=O)O)cc1)C(=O)CN. The zero-order valence-corrected chi connectivity index (χ0v) is 15.1. The van der Waals surface area contributed by atoms with Gasteiger partial charge in [0.15, 0.2) is 0 Å². The van der Waals surface area contributed by atoms with Gasteiger partial charge in [-0.15, -0.1) is 11.3 Å². The maximum absolute atomic E-state index is 12.4. The largest absolute Gasteiger partial charge is 0.478 e. The molecule has 0 fully saturated rings. The van der Waals surface area contributed by atoms with E-state index in [-0.39, 0.29) is 24.6 Å². The summed E-state index contributed by atoms with van der Waals surface area (Å²) in [5.74, 6) is -1.95. The summed E-state index contributed by atoms with van der Waals surface area (Å²) < 4.78 is 4.88. The molecule has 1 heterocycles. The molecule has 0 aliphatic heterocycles. The van der Waals surface area contributed by atoms with Crippen molar-refractivity contribution in [2.75, 3.05) is 13.7 Å². The second-order valence-corrected chi connectivity index (χ2v) is 6.58. The number of esters is 1. The highest BCUT2D eigenvalue weighted by Gasteiger charge is 2.30. The first-order valence-electron chi connectivity index (χ1n) is 7.88. The molecular weight excluding hydrogens is 356 g/mol. The van der Waals surface area contributed by atoms with E-state index >= 15 is 0 Å². The molecule has 1 amide bonds. The Bertz CT molecular complexity index is 758. The number of carbonyl (C=O) groups excluding carboxylic acids is 2. The van der Waals surface area contributed by atoms with Crippen molar-refractivity contribution in [1.82, 2.24) is 4.90 Å². The Labute approximate surface area is 155 Å². The minimum absolute atomic E-state index is 0.126. The molecule has 3 N–H and O–H groups in total.